The molecule has 0 aliphatic carbocycles. The Bertz CT molecular complexity index is 548. The molecule has 0 heterocycles. The van der Waals surface area contributed by atoms with E-state index in [1.807, 2.05) is 43.0 Å². The summed E-state index contributed by atoms with van der Waals surface area (Å²) in [4.78, 5) is 21.6. The number of aliphatic carboxylic acids is 2. The summed E-state index contributed by atoms with van der Waals surface area (Å²) in [7, 11) is 1.62. The van der Waals surface area contributed by atoms with Crippen LogP contribution in [0.25, 0.3) is 0 Å². The van der Waals surface area contributed by atoms with Crippen LogP contribution in [0.4, 0.5) is 13.2 Å². The normalized spacial score (nSPS) is 12.1. The summed E-state index contributed by atoms with van der Waals surface area (Å²) >= 11 is 0. The Hall–Kier alpha value is -2.29. The third-order valence-electron chi connectivity index (χ3n) is 3.12. The zero-order valence-corrected chi connectivity index (χ0v) is 13.5. The Kier molecular flexibility index (Phi) is 8.83. The van der Waals surface area contributed by atoms with E-state index >= 15 is 0 Å². The number of benzene rings is 1. The van der Waals surface area contributed by atoms with Crippen molar-refractivity contribution in [2.75, 3.05) is 20.2 Å². The third-order valence-corrected chi connectivity index (χ3v) is 3.12. The van der Waals surface area contributed by atoms with Crippen molar-refractivity contribution in [1.29, 1.82) is 0 Å². The number of ether oxygens (including phenoxy) is 1. The highest BCUT2D eigenvalue weighted by Gasteiger charge is 2.38. The maximum Gasteiger partial charge on any atom is 0.490 e. The van der Waals surface area contributed by atoms with Crippen molar-refractivity contribution in [3.8, 4) is 5.75 Å². The van der Waals surface area contributed by atoms with Crippen LogP contribution < -0.4 is 4.74 Å². The lowest BCUT2D eigenvalue weighted by Crippen LogP contribution is -2.32. The third kappa shape index (κ3) is 7.32. The number of hydrogen-bond donors (Lipinski definition) is 2. The topological polar surface area (TPSA) is 87.1 Å². The summed E-state index contributed by atoms with van der Waals surface area (Å²) in [5, 5.41) is 16.0. The first-order valence-electron chi connectivity index (χ1n) is 6.93. The Morgan fingerprint density at radius 2 is 1.75 bits per heavy atom. The molecule has 1 aromatic carbocycles. The van der Waals surface area contributed by atoms with E-state index in [2.05, 4.69) is 0 Å². The van der Waals surface area contributed by atoms with Gasteiger partial charge in [0.2, 0.25) is 0 Å². The molecule has 0 saturated heterocycles. The number of rotatable bonds is 6. The predicted molar refractivity (Wildman–Crippen MR) is 80.0 cm³/mol. The van der Waals surface area contributed by atoms with Crippen molar-refractivity contribution in [3.63, 3.8) is 0 Å². The number of methoxy groups -OCH3 is 1. The highest BCUT2D eigenvalue weighted by atomic mass is 19.4. The van der Waals surface area contributed by atoms with Crippen molar-refractivity contribution in [2.24, 2.45) is 0 Å². The van der Waals surface area contributed by atoms with Crippen molar-refractivity contribution in [2.45, 2.75) is 26.1 Å². The van der Waals surface area contributed by atoms with Gasteiger partial charge in [-0.15, -0.1) is 0 Å². The molecule has 0 bridgehead atoms. The fourth-order valence-electron chi connectivity index (χ4n) is 1.90. The lowest BCUT2D eigenvalue weighted by atomic mass is 10.1. The molecule has 1 unspecified atom stereocenters. The Morgan fingerprint density at radius 3 is 2.12 bits per heavy atom. The number of alkyl halides is 3. The van der Waals surface area contributed by atoms with E-state index in [-0.39, 0.29) is 12.6 Å². The Labute approximate surface area is 137 Å². The fourth-order valence-corrected chi connectivity index (χ4v) is 1.90. The summed E-state index contributed by atoms with van der Waals surface area (Å²) in [5.74, 6) is -2.77. The van der Waals surface area contributed by atoms with Gasteiger partial charge in [0, 0.05) is 11.6 Å². The van der Waals surface area contributed by atoms with E-state index in [0.717, 1.165) is 11.3 Å². The summed E-state index contributed by atoms with van der Waals surface area (Å²) in [6, 6.07) is 7.71. The van der Waals surface area contributed by atoms with Gasteiger partial charge in [-0.25, -0.2) is 4.79 Å². The van der Waals surface area contributed by atoms with Crippen LogP contribution in [0.2, 0.25) is 0 Å². The monoisotopic (exact) mass is 351 g/mol. The van der Waals surface area contributed by atoms with E-state index in [1.165, 1.54) is 0 Å². The molecule has 1 rings (SSSR count). The molecule has 2 N–H and O–H groups in total. The van der Waals surface area contributed by atoms with Crippen LogP contribution >= 0.6 is 0 Å². The minimum Gasteiger partial charge on any atom is -0.496 e. The smallest absolute Gasteiger partial charge is 0.490 e. The van der Waals surface area contributed by atoms with Crippen LogP contribution in [0.15, 0.2) is 24.3 Å². The lowest BCUT2D eigenvalue weighted by Gasteiger charge is -2.27. The maximum atomic E-state index is 10.8. The van der Waals surface area contributed by atoms with Crippen molar-refractivity contribution in [1.82, 2.24) is 4.90 Å². The molecule has 0 radical (unpaired) electrons. The molecule has 0 aliphatic rings. The van der Waals surface area contributed by atoms with Crippen molar-refractivity contribution in [3.05, 3.63) is 29.8 Å². The zero-order chi connectivity index (χ0) is 18.9. The van der Waals surface area contributed by atoms with E-state index in [9.17, 15) is 18.0 Å². The summed E-state index contributed by atoms with van der Waals surface area (Å²) in [6.07, 6.45) is -5.08. The van der Waals surface area contributed by atoms with E-state index in [1.54, 1.807) is 7.11 Å². The summed E-state index contributed by atoms with van der Waals surface area (Å²) in [6.45, 7) is 4.67. The van der Waals surface area contributed by atoms with Crippen LogP contribution in [-0.4, -0.2) is 53.4 Å². The second kappa shape index (κ2) is 9.76. The molecule has 1 aromatic rings. The zero-order valence-electron chi connectivity index (χ0n) is 13.5. The molecule has 0 aliphatic heterocycles. The lowest BCUT2D eigenvalue weighted by molar-refractivity contribution is -0.192. The van der Waals surface area contributed by atoms with Crippen molar-refractivity contribution >= 4 is 11.9 Å². The molecule has 0 aromatic heterocycles. The first-order valence-corrected chi connectivity index (χ1v) is 6.93. The quantitative estimate of drug-likeness (QED) is 0.820. The van der Waals surface area contributed by atoms with Crippen LogP contribution in [-0.2, 0) is 9.59 Å². The highest BCUT2D eigenvalue weighted by Crippen LogP contribution is 2.28. The second-order valence-electron chi connectivity index (χ2n) is 4.68. The highest BCUT2D eigenvalue weighted by molar-refractivity contribution is 5.73. The summed E-state index contributed by atoms with van der Waals surface area (Å²) in [5.41, 5.74) is 1.01. The number of hydrogen-bond acceptors (Lipinski definition) is 4. The minimum atomic E-state index is -5.08. The number of para-hydroxylation sites is 1. The van der Waals surface area contributed by atoms with Crippen LogP contribution in [0.5, 0.6) is 5.75 Å². The largest absolute Gasteiger partial charge is 0.496 e. The molecule has 136 valence electrons. The number of carboxylic acid groups (broad SMARTS) is 2. The van der Waals surface area contributed by atoms with Crippen LogP contribution in [0, 0.1) is 0 Å². The van der Waals surface area contributed by atoms with E-state index < -0.39 is 18.1 Å². The molecule has 24 heavy (non-hydrogen) atoms. The molecule has 1 atom stereocenters. The summed E-state index contributed by atoms with van der Waals surface area (Å²) < 4.78 is 37.0. The minimum absolute atomic E-state index is 0.0206. The molecule has 6 nitrogen and oxygen atoms in total. The van der Waals surface area contributed by atoms with Gasteiger partial charge in [-0.2, -0.15) is 13.2 Å². The van der Waals surface area contributed by atoms with Gasteiger partial charge in [0.15, 0.2) is 0 Å². The van der Waals surface area contributed by atoms with Gasteiger partial charge in [0.05, 0.1) is 13.7 Å². The predicted octanol–water partition coefficient (Wildman–Crippen LogP) is 2.80. The molecule has 0 spiro atoms. The van der Waals surface area contributed by atoms with Gasteiger partial charge < -0.3 is 14.9 Å². The van der Waals surface area contributed by atoms with E-state index in [0.29, 0.717) is 6.54 Å². The van der Waals surface area contributed by atoms with Gasteiger partial charge in [0.25, 0.3) is 0 Å². The molecule has 0 fully saturated rings. The Morgan fingerprint density at radius 1 is 1.25 bits per heavy atom. The molecule has 9 heteroatoms. The molecular formula is C15H20F3NO5. The van der Waals surface area contributed by atoms with Gasteiger partial charge in [-0.1, -0.05) is 25.1 Å². The van der Waals surface area contributed by atoms with Crippen LogP contribution in [0.1, 0.15) is 25.5 Å². The first-order chi connectivity index (χ1) is 11.0. The molecular weight excluding hydrogens is 331 g/mol. The van der Waals surface area contributed by atoms with Crippen LogP contribution in [0.3, 0.4) is 0 Å². The van der Waals surface area contributed by atoms with E-state index in [4.69, 9.17) is 19.7 Å². The van der Waals surface area contributed by atoms with Gasteiger partial charge in [-0.05, 0) is 19.5 Å². The fraction of sp³-hybridized carbons (Fsp3) is 0.467. The number of carbonyl (C=O) groups is 2. The average molecular weight is 351 g/mol. The van der Waals surface area contributed by atoms with Crippen molar-refractivity contribution < 1.29 is 37.7 Å². The SMILES string of the molecule is CCN(CC(=O)O)C(C)c1ccccc1OC.O=C(O)C(F)(F)F. The van der Waals surface area contributed by atoms with Gasteiger partial charge in [-0.3, -0.25) is 9.69 Å². The van der Waals surface area contributed by atoms with Gasteiger partial charge >= 0.3 is 18.1 Å². The number of nitrogens with zero attached hydrogens (tertiary/aromatic N) is 1. The average Bonchev–Trinajstić information content (AvgIpc) is 2.51. The Balaban J connectivity index is 0.000000640. The molecule has 0 amide bonds. The molecule has 0 saturated carbocycles. The standard InChI is InChI=1S/C13H19NO3.C2HF3O2/c1-4-14(9-13(15)16)10(2)11-7-5-6-8-12(11)17-3;3-2(4,5)1(6)7/h5-8,10H,4,9H2,1-3H3,(H,15,16);(H,6,7). The number of likely N-dealkylation sites (N-methyl/N-ethyl adjacent to an activating group) is 1. The second-order valence-corrected chi connectivity index (χ2v) is 4.68. The maximum absolute atomic E-state index is 10.8. The van der Waals surface area contributed by atoms with Gasteiger partial charge in [0.1, 0.15) is 5.75 Å². The number of carboxylic acids is 2. The number of halogens is 3. The first kappa shape index (κ1) is 21.7.